The van der Waals surface area contributed by atoms with Crippen LogP contribution in [0.25, 0.3) is 0 Å². The third-order valence-electron chi connectivity index (χ3n) is 4.97. The van der Waals surface area contributed by atoms with Gasteiger partial charge in [0.05, 0.1) is 19.1 Å². The molecule has 1 aromatic rings. The molecule has 0 bridgehead atoms. The molecule has 0 spiro atoms. The predicted molar refractivity (Wildman–Crippen MR) is 84.4 cm³/mol. The molecule has 1 aliphatic heterocycles. The maximum Gasteiger partial charge on any atom is 0.275 e. The van der Waals surface area contributed by atoms with Crippen LogP contribution >= 0.6 is 0 Å². The van der Waals surface area contributed by atoms with E-state index in [0.29, 0.717) is 6.54 Å². The highest BCUT2D eigenvalue weighted by molar-refractivity contribution is 5.77. The summed E-state index contributed by atoms with van der Waals surface area (Å²) in [6.07, 6.45) is 7.56. The van der Waals surface area contributed by atoms with Crippen LogP contribution < -0.4 is 10.2 Å². The van der Waals surface area contributed by atoms with E-state index in [0.717, 1.165) is 13.1 Å². The van der Waals surface area contributed by atoms with Gasteiger partial charge in [0.1, 0.15) is 0 Å². The number of hydrogen-bond acceptors (Lipinski definition) is 1. The number of nitrogens with one attached hydrogen (secondary N) is 2. The quantitative estimate of drug-likeness (QED) is 0.863. The smallest absolute Gasteiger partial charge is 0.275 e. The highest BCUT2D eigenvalue weighted by Gasteiger charge is 2.20. The van der Waals surface area contributed by atoms with Crippen LogP contribution in [0.3, 0.4) is 0 Å². The Balaban J connectivity index is 1.59. The van der Waals surface area contributed by atoms with Gasteiger partial charge in [0.15, 0.2) is 6.54 Å². The van der Waals surface area contributed by atoms with Crippen LogP contribution in [0.4, 0.5) is 0 Å². The van der Waals surface area contributed by atoms with Crippen molar-refractivity contribution >= 4 is 5.91 Å². The van der Waals surface area contributed by atoms with Crippen LogP contribution in [0, 0.1) is 0 Å². The number of hydrogen-bond donors (Lipinski definition) is 2. The number of carbonyl (C=O) groups is 1. The van der Waals surface area contributed by atoms with Crippen molar-refractivity contribution in [1.29, 1.82) is 0 Å². The molecule has 1 saturated heterocycles. The largest absolute Gasteiger partial charge is 0.345 e. The topological polar surface area (TPSA) is 33.5 Å². The Kier molecular flexibility index (Phi) is 4.59. The van der Waals surface area contributed by atoms with E-state index >= 15 is 0 Å². The number of carbonyl (C=O) groups excluding carboxylic acids is 1. The predicted octanol–water partition coefficient (Wildman–Crippen LogP) is 1.42. The number of quaternary nitrogens is 1. The van der Waals surface area contributed by atoms with Gasteiger partial charge in [-0.3, -0.25) is 4.79 Å². The molecule has 0 radical (unpaired) electrons. The van der Waals surface area contributed by atoms with Crippen LogP contribution in [-0.2, 0) is 17.6 Å². The van der Waals surface area contributed by atoms with E-state index in [4.69, 9.17) is 0 Å². The molecular weight excluding hydrogens is 260 g/mol. The molecule has 1 atom stereocenters. The molecule has 0 aromatic heterocycles. The minimum absolute atomic E-state index is 0.117. The van der Waals surface area contributed by atoms with Gasteiger partial charge in [-0.1, -0.05) is 18.2 Å². The molecule has 2 N–H and O–H groups in total. The van der Waals surface area contributed by atoms with Gasteiger partial charge in [0, 0.05) is 12.8 Å². The fourth-order valence-corrected chi connectivity index (χ4v) is 3.68. The Labute approximate surface area is 127 Å². The molecule has 0 saturated carbocycles. The monoisotopic (exact) mass is 287 g/mol. The lowest BCUT2D eigenvalue weighted by molar-refractivity contribution is -0.879. The summed E-state index contributed by atoms with van der Waals surface area (Å²) < 4.78 is 0. The molecule has 21 heavy (non-hydrogen) atoms. The van der Waals surface area contributed by atoms with Crippen LogP contribution in [-0.4, -0.2) is 25.5 Å². The molecule has 0 unspecified atom stereocenters. The van der Waals surface area contributed by atoms with E-state index in [9.17, 15) is 4.79 Å². The molecule has 1 heterocycles. The van der Waals surface area contributed by atoms with Crippen molar-refractivity contribution in [2.75, 3.05) is 19.6 Å². The van der Waals surface area contributed by atoms with Gasteiger partial charge in [-0.15, -0.1) is 0 Å². The van der Waals surface area contributed by atoms with Crippen LogP contribution in [0.15, 0.2) is 18.2 Å². The highest BCUT2D eigenvalue weighted by atomic mass is 16.2. The van der Waals surface area contributed by atoms with E-state index in [1.54, 1.807) is 0 Å². The zero-order chi connectivity index (χ0) is 14.7. The van der Waals surface area contributed by atoms with Gasteiger partial charge in [-0.25, -0.2) is 0 Å². The number of benzene rings is 1. The van der Waals surface area contributed by atoms with Gasteiger partial charge in [0.2, 0.25) is 0 Å². The first-order chi connectivity index (χ1) is 10.2. The van der Waals surface area contributed by atoms with Crippen molar-refractivity contribution in [3.63, 3.8) is 0 Å². The average Bonchev–Trinajstić information content (AvgIpc) is 2.99. The third kappa shape index (κ3) is 3.65. The number of aryl methyl sites for hydroxylation is 2. The summed E-state index contributed by atoms with van der Waals surface area (Å²) in [4.78, 5) is 13.6. The van der Waals surface area contributed by atoms with Gasteiger partial charge in [0.25, 0.3) is 5.91 Å². The summed E-state index contributed by atoms with van der Waals surface area (Å²) >= 11 is 0. The second kappa shape index (κ2) is 6.61. The first-order valence-electron chi connectivity index (χ1n) is 8.47. The van der Waals surface area contributed by atoms with Crippen molar-refractivity contribution in [2.24, 2.45) is 0 Å². The maximum absolute atomic E-state index is 12.1. The zero-order valence-electron chi connectivity index (χ0n) is 13.1. The SMILES string of the molecule is C[C@@H](NC(=O)C[NH+]1CCCC1)c1ccc2c(c1)CCCC2. The molecule has 1 amide bonds. The van der Waals surface area contributed by atoms with Crippen molar-refractivity contribution in [3.8, 4) is 0 Å². The second-order valence-electron chi connectivity index (χ2n) is 6.66. The summed E-state index contributed by atoms with van der Waals surface area (Å²) in [7, 11) is 0. The summed E-state index contributed by atoms with van der Waals surface area (Å²) in [6.45, 7) is 5.04. The van der Waals surface area contributed by atoms with Crippen molar-refractivity contribution < 1.29 is 9.69 Å². The van der Waals surface area contributed by atoms with Gasteiger partial charge in [-0.2, -0.15) is 0 Å². The second-order valence-corrected chi connectivity index (χ2v) is 6.66. The van der Waals surface area contributed by atoms with Crippen molar-refractivity contribution in [2.45, 2.75) is 51.5 Å². The van der Waals surface area contributed by atoms with E-state index in [-0.39, 0.29) is 11.9 Å². The lowest BCUT2D eigenvalue weighted by Gasteiger charge is -2.20. The normalized spacial score (nSPS) is 20.0. The van der Waals surface area contributed by atoms with E-state index in [1.807, 2.05) is 0 Å². The molecule has 3 rings (SSSR count). The first-order valence-corrected chi connectivity index (χ1v) is 8.47. The third-order valence-corrected chi connectivity index (χ3v) is 4.97. The minimum atomic E-state index is 0.117. The molecule has 2 aliphatic rings. The van der Waals surface area contributed by atoms with Gasteiger partial charge >= 0.3 is 0 Å². The zero-order valence-corrected chi connectivity index (χ0v) is 13.1. The fourth-order valence-electron chi connectivity index (χ4n) is 3.68. The number of amides is 1. The first kappa shape index (κ1) is 14.6. The average molecular weight is 287 g/mol. The van der Waals surface area contributed by atoms with E-state index < -0.39 is 0 Å². The minimum Gasteiger partial charge on any atom is -0.345 e. The summed E-state index contributed by atoms with van der Waals surface area (Å²) in [6, 6.07) is 6.88. The Morgan fingerprint density at radius 1 is 1.14 bits per heavy atom. The lowest BCUT2D eigenvalue weighted by atomic mass is 9.89. The Morgan fingerprint density at radius 3 is 2.62 bits per heavy atom. The van der Waals surface area contributed by atoms with E-state index in [1.165, 1.54) is 60.1 Å². The molecule has 1 aliphatic carbocycles. The number of likely N-dealkylation sites (tertiary alicyclic amines) is 1. The summed E-state index contributed by atoms with van der Waals surface area (Å²) in [5.41, 5.74) is 4.25. The molecule has 1 aromatic carbocycles. The highest BCUT2D eigenvalue weighted by Crippen LogP contribution is 2.24. The number of rotatable bonds is 4. The summed E-state index contributed by atoms with van der Waals surface area (Å²) in [5.74, 6) is 0.192. The number of fused-ring (bicyclic) bond motifs is 1. The molecule has 1 fully saturated rings. The van der Waals surface area contributed by atoms with Crippen LogP contribution in [0.5, 0.6) is 0 Å². The van der Waals surface area contributed by atoms with Gasteiger partial charge in [-0.05, 0) is 49.3 Å². The lowest BCUT2D eigenvalue weighted by Crippen LogP contribution is -3.11. The van der Waals surface area contributed by atoms with Crippen molar-refractivity contribution in [1.82, 2.24) is 5.32 Å². The Morgan fingerprint density at radius 2 is 1.86 bits per heavy atom. The molecule has 114 valence electrons. The standard InChI is InChI=1S/C18H26N2O/c1-14(19-18(21)13-20-10-4-5-11-20)16-9-8-15-6-2-3-7-17(15)12-16/h8-9,12,14H,2-7,10-11,13H2,1H3,(H,19,21)/p+1/t14-/m1/s1. The van der Waals surface area contributed by atoms with Crippen molar-refractivity contribution in [3.05, 3.63) is 34.9 Å². The van der Waals surface area contributed by atoms with Gasteiger partial charge < -0.3 is 10.2 Å². The van der Waals surface area contributed by atoms with Crippen LogP contribution in [0.2, 0.25) is 0 Å². The Hall–Kier alpha value is -1.35. The molecule has 3 nitrogen and oxygen atoms in total. The fraction of sp³-hybridized carbons (Fsp3) is 0.611. The molecule has 3 heteroatoms. The maximum atomic E-state index is 12.1. The van der Waals surface area contributed by atoms with E-state index in [2.05, 4.69) is 30.4 Å². The van der Waals surface area contributed by atoms with Crippen LogP contribution in [0.1, 0.15) is 55.3 Å². The Bertz CT molecular complexity index is 506. The summed E-state index contributed by atoms with van der Waals surface area (Å²) in [5, 5.41) is 3.17. The molecular formula is C18H27N2O+.